The first-order valence-corrected chi connectivity index (χ1v) is 10.1. The average molecular weight is 406 g/mol. The predicted octanol–water partition coefficient (Wildman–Crippen LogP) is 2.55. The van der Waals surface area contributed by atoms with Gasteiger partial charge in [0.25, 0.3) is 5.91 Å². The Labute approximate surface area is 164 Å². The number of hydrogen-bond donors (Lipinski definition) is 2. The number of sulfonamides is 1. The molecule has 1 rings (SSSR count). The van der Waals surface area contributed by atoms with E-state index in [1.54, 1.807) is 32.9 Å². The molecule has 3 N–H and O–H groups in total. The van der Waals surface area contributed by atoms with Gasteiger partial charge in [-0.1, -0.05) is 33.8 Å². The standard InChI is InChI=1S/C18H31N3O3S.ClH/c1-7-21(8-2)25(23,24)15-10-9-14(5)16(11-15)17(22)20-18(6,12-19)13(3)4;/h9-11,13H,7-8,12,19H2,1-6H3,(H,20,22);1H. The number of benzene rings is 1. The van der Waals surface area contributed by atoms with Crippen LogP contribution in [0.5, 0.6) is 0 Å². The minimum Gasteiger partial charge on any atom is -0.345 e. The van der Waals surface area contributed by atoms with Gasteiger partial charge in [0.2, 0.25) is 10.0 Å². The van der Waals surface area contributed by atoms with E-state index in [1.165, 1.54) is 10.4 Å². The second kappa shape index (κ2) is 9.69. The number of carbonyl (C=O) groups is 1. The van der Waals surface area contributed by atoms with Crippen molar-refractivity contribution >= 4 is 28.3 Å². The molecule has 6 nitrogen and oxygen atoms in total. The SMILES string of the molecule is CCN(CC)S(=O)(=O)c1ccc(C)c(C(=O)NC(C)(CN)C(C)C)c1.Cl. The number of nitrogens with one attached hydrogen (secondary N) is 1. The summed E-state index contributed by atoms with van der Waals surface area (Å²) in [6.07, 6.45) is 0. The van der Waals surface area contributed by atoms with Crippen LogP contribution < -0.4 is 11.1 Å². The normalized spacial score (nSPS) is 14.0. The fourth-order valence-corrected chi connectivity index (χ4v) is 3.96. The van der Waals surface area contributed by atoms with Gasteiger partial charge in [-0.25, -0.2) is 8.42 Å². The average Bonchev–Trinajstić information content (AvgIpc) is 2.55. The zero-order valence-corrected chi connectivity index (χ0v) is 18.1. The Morgan fingerprint density at radius 3 is 2.23 bits per heavy atom. The van der Waals surface area contributed by atoms with E-state index in [9.17, 15) is 13.2 Å². The van der Waals surface area contributed by atoms with Crippen LogP contribution in [0.3, 0.4) is 0 Å². The zero-order chi connectivity index (χ0) is 19.4. The summed E-state index contributed by atoms with van der Waals surface area (Å²) < 4.78 is 26.8. The lowest BCUT2D eigenvalue weighted by atomic mass is 9.88. The van der Waals surface area contributed by atoms with Gasteiger partial charge in [-0.15, -0.1) is 12.4 Å². The highest BCUT2D eigenvalue weighted by Crippen LogP contribution is 2.21. The van der Waals surface area contributed by atoms with E-state index >= 15 is 0 Å². The van der Waals surface area contributed by atoms with Gasteiger partial charge in [0, 0.05) is 25.2 Å². The Kier molecular flexibility index (Phi) is 9.26. The smallest absolute Gasteiger partial charge is 0.252 e. The fourth-order valence-electron chi connectivity index (χ4n) is 2.48. The number of amides is 1. The molecular weight excluding hydrogens is 374 g/mol. The summed E-state index contributed by atoms with van der Waals surface area (Å²) in [7, 11) is -3.61. The first kappa shape index (κ1) is 24.8. The Bertz CT molecular complexity index is 718. The van der Waals surface area contributed by atoms with Crippen LogP contribution in [0.15, 0.2) is 23.1 Å². The summed E-state index contributed by atoms with van der Waals surface area (Å²) in [5, 5.41) is 2.96. The quantitative estimate of drug-likeness (QED) is 0.695. The molecule has 1 aromatic carbocycles. The topological polar surface area (TPSA) is 92.5 Å². The Morgan fingerprint density at radius 2 is 1.81 bits per heavy atom. The Balaban J connectivity index is 0.00000625. The largest absolute Gasteiger partial charge is 0.345 e. The molecule has 0 saturated carbocycles. The van der Waals surface area contributed by atoms with E-state index in [1.807, 2.05) is 20.8 Å². The van der Waals surface area contributed by atoms with E-state index in [4.69, 9.17) is 5.73 Å². The molecule has 0 aliphatic heterocycles. The Morgan fingerprint density at radius 1 is 1.27 bits per heavy atom. The lowest BCUT2D eigenvalue weighted by Crippen LogP contribution is -2.55. The number of nitrogens with two attached hydrogens (primary N) is 1. The number of hydrogen-bond acceptors (Lipinski definition) is 4. The molecule has 0 heterocycles. The number of carbonyl (C=O) groups excluding carboxylic acids is 1. The van der Waals surface area contributed by atoms with E-state index in [-0.39, 0.29) is 29.1 Å². The molecule has 1 atom stereocenters. The minimum atomic E-state index is -3.61. The maximum atomic E-state index is 12.8. The second-order valence-electron chi connectivity index (χ2n) is 6.80. The third-order valence-corrected chi connectivity index (χ3v) is 6.94. The van der Waals surface area contributed by atoms with Gasteiger partial charge >= 0.3 is 0 Å². The molecule has 26 heavy (non-hydrogen) atoms. The van der Waals surface area contributed by atoms with Gasteiger partial charge in [0.05, 0.1) is 10.4 Å². The van der Waals surface area contributed by atoms with Gasteiger partial charge in [-0.2, -0.15) is 4.31 Å². The van der Waals surface area contributed by atoms with Gasteiger partial charge in [0.1, 0.15) is 0 Å². The first-order chi connectivity index (χ1) is 11.5. The molecule has 0 saturated heterocycles. The summed E-state index contributed by atoms with van der Waals surface area (Å²) in [4.78, 5) is 12.9. The summed E-state index contributed by atoms with van der Waals surface area (Å²) >= 11 is 0. The van der Waals surface area contributed by atoms with Crippen molar-refractivity contribution in [1.29, 1.82) is 0 Å². The van der Waals surface area contributed by atoms with Gasteiger partial charge in [-0.05, 0) is 37.5 Å². The van der Waals surface area contributed by atoms with Crippen molar-refractivity contribution in [3.8, 4) is 0 Å². The number of rotatable bonds is 8. The van der Waals surface area contributed by atoms with E-state index in [0.717, 1.165) is 5.56 Å². The van der Waals surface area contributed by atoms with Crippen LogP contribution >= 0.6 is 12.4 Å². The van der Waals surface area contributed by atoms with Crippen LogP contribution in [0.2, 0.25) is 0 Å². The maximum absolute atomic E-state index is 12.8. The summed E-state index contributed by atoms with van der Waals surface area (Å²) in [6.45, 7) is 12.3. The first-order valence-electron chi connectivity index (χ1n) is 8.66. The lowest BCUT2D eigenvalue weighted by Gasteiger charge is -2.33. The van der Waals surface area contributed by atoms with Gasteiger partial charge in [0.15, 0.2) is 0 Å². The predicted molar refractivity (Wildman–Crippen MR) is 108 cm³/mol. The third kappa shape index (κ3) is 5.19. The molecule has 0 aliphatic rings. The fraction of sp³-hybridized carbons (Fsp3) is 0.611. The van der Waals surface area contributed by atoms with Crippen LogP contribution in [0.25, 0.3) is 0 Å². The molecule has 150 valence electrons. The summed E-state index contributed by atoms with van der Waals surface area (Å²) in [6, 6.07) is 4.67. The van der Waals surface area contributed by atoms with Crippen molar-refractivity contribution in [3.63, 3.8) is 0 Å². The van der Waals surface area contributed by atoms with Gasteiger partial charge < -0.3 is 11.1 Å². The Hall–Kier alpha value is -1.15. The van der Waals surface area contributed by atoms with Crippen molar-refractivity contribution < 1.29 is 13.2 Å². The highest BCUT2D eigenvalue weighted by atomic mass is 35.5. The molecule has 1 amide bonds. The number of halogens is 1. The van der Waals surface area contributed by atoms with E-state index in [0.29, 0.717) is 25.2 Å². The minimum absolute atomic E-state index is 0. The highest BCUT2D eigenvalue weighted by Gasteiger charge is 2.30. The van der Waals surface area contributed by atoms with Crippen LogP contribution in [0, 0.1) is 12.8 Å². The van der Waals surface area contributed by atoms with Crippen LogP contribution in [-0.2, 0) is 10.0 Å². The molecule has 0 radical (unpaired) electrons. The second-order valence-corrected chi connectivity index (χ2v) is 8.73. The highest BCUT2D eigenvalue weighted by molar-refractivity contribution is 7.89. The van der Waals surface area contributed by atoms with E-state index < -0.39 is 15.6 Å². The molecule has 0 fully saturated rings. The third-order valence-electron chi connectivity index (χ3n) is 4.89. The molecule has 8 heteroatoms. The van der Waals surface area contributed by atoms with Crippen LogP contribution in [0.1, 0.15) is 50.5 Å². The van der Waals surface area contributed by atoms with Gasteiger partial charge in [-0.3, -0.25) is 4.79 Å². The maximum Gasteiger partial charge on any atom is 0.252 e. The molecule has 0 aliphatic carbocycles. The molecule has 0 spiro atoms. The van der Waals surface area contributed by atoms with Crippen molar-refractivity contribution in [2.24, 2.45) is 11.7 Å². The molecular formula is C18H32ClN3O3S. The van der Waals surface area contributed by atoms with Crippen molar-refractivity contribution in [3.05, 3.63) is 29.3 Å². The zero-order valence-electron chi connectivity index (χ0n) is 16.5. The summed E-state index contributed by atoms with van der Waals surface area (Å²) in [5.74, 6) is -0.167. The van der Waals surface area contributed by atoms with Crippen LogP contribution in [-0.4, -0.2) is 43.8 Å². The molecule has 1 unspecified atom stereocenters. The molecule has 0 bridgehead atoms. The van der Waals surface area contributed by atoms with Crippen LogP contribution in [0.4, 0.5) is 0 Å². The number of nitrogens with zero attached hydrogens (tertiary/aromatic N) is 1. The monoisotopic (exact) mass is 405 g/mol. The van der Waals surface area contributed by atoms with Crippen molar-refractivity contribution in [2.75, 3.05) is 19.6 Å². The molecule has 1 aromatic rings. The summed E-state index contributed by atoms with van der Waals surface area (Å²) in [5.41, 5.74) is 6.35. The van der Waals surface area contributed by atoms with E-state index in [2.05, 4.69) is 5.32 Å². The number of aryl methyl sites for hydroxylation is 1. The van der Waals surface area contributed by atoms with Crippen molar-refractivity contribution in [2.45, 2.75) is 52.0 Å². The van der Waals surface area contributed by atoms with Crippen molar-refractivity contribution in [1.82, 2.24) is 9.62 Å². The lowest BCUT2D eigenvalue weighted by molar-refractivity contribution is 0.0882. The molecule has 0 aromatic heterocycles.